The number of aliphatic hydroxyl groups excluding tert-OH is 1. The molecule has 4 nitrogen and oxygen atoms in total. The van der Waals surface area contributed by atoms with Crippen LogP contribution in [0.1, 0.15) is 43.4 Å². The fourth-order valence-electron chi connectivity index (χ4n) is 2.48. The number of aliphatic hydroxyl groups is 1. The van der Waals surface area contributed by atoms with Crippen molar-refractivity contribution in [3.63, 3.8) is 0 Å². The third-order valence-electron chi connectivity index (χ3n) is 3.92. The minimum absolute atomic E-state index is 0.00159. The Bertz CT molecular complexity index is 563. The number of sulfonamides is 1. The Hall–Kier alpha value is -0.910. The molecule has 114 valence electrons. The fraction of sp³-hybridized carbons (Fsp3) is 0.600. The Balaban J connectivity index is 3.35. The van der Waals surface area contributed by atoms with Crippen LogP contribution in [0.4, 0.5) is 0 Å². The van der Waals surface area contributed by atoms with Crippen molar-refractivity contribution in [2.75, 3.05) is 7.05 Å². The van der Waals surface area contributed by atoms with E-state index in [-0.39, 0.29) is 12.6 Å². The van der Waals surface area contributed by atoms with E-state index in [0.717, 1.165) is 24.0 Å². The minimum atomic E-state index is -3.52. The van der Waals surface area contributed by atoms with Crippen LogP contribution < -0.4 is 0 Å². The average molecular weight is 299 g/mol. The van der Waals surface area contributed by atoms with E-state index < -0.39 is 10.0 Å². The zero-order chi connectivity index (χ0) is 15.5. The van der Waals surface area contributed by atoms with Gasteiger partial charge in [0, 0.05) is 13.1 Å². The quantitative estimate of drug-likeness (QED) is 0.878. The molecule has 0 spiro atoms. The fourth-order valence-corrected chi connectivity index (χ4v) is 4.23. The second-order valence-corrected chi connectivity index (χ2v) is 7.16. The first-order valence-corrected chi connectivity index (χ1v) is 8.42. The van der Waals surface area contributed by atoms with Crippen molar-refractivity contribution in [2.24, 2.45) is 0 Å². The molecule has 0 atom stereocenters. The molecule has 0 radical (unpaired) electrons. The molecule has 0 unspecified atom stereocenters. The highest BCUT2D eigenvalue weighted by atomic mass is 32.2. The van der Waals surface area contributed by atoms with Crippen molar-refractivity contribution in [2.45, 2.75) is 58.1 Å². The van der Waals surface area contributed by atoms with Gasteiger partial charge in [-0.2, -0.15) is 4.31 Å². The maximum absolute atomic E-state index is 12.7. The summed E-state index contributed by atoms with van der Waals surface area (Å²) in [6.07, 6.45) is 1.56. The van der Waals surface area contributed by atoms with E-state index in [0.29, 0.717) is 10.5 Å². The van der Waals surface area contributed by atoms with Gasteiger partial charge >= 0.3 is 0 Å². The lowest BCUT2D eigenvalue weighted by Gasteiger charge is -2.26. The molecule has 0 amide bonds. The van der Waals surface area contributed by atoms with Gasteiger partial charge in [0.15, 0.2) is 0 Å². The van der Waals surface area contributed by atoms with Gasteiger partial charge in [-0.1, -0.05) is 19.9 Å². The van der Waals surface area contributed by atoms with Crippen LogP contribution in [0.25, 0.3) is 0 Å². The van der Waals surface area contributed by atoms with Crippen LogP contribution >= 0.6 is 0 Å². The molecule has 0 aliphatic heterocycles. The SMILES string of the molecule is CCC(CC)N(C)S(=O)(=O)c1cc(CO)c(C)cc1C. The third-order valence-corrected chi connectivity index (χ3v) is 5.97. The number of hydrogen-bond donors (Lipinski definition) is 1. The van der Waals surface area contributed by atoms with Crippen LogP contribution in [-0.4, -0.2) is 30.9 Å². The van der Waals surface area contributed by atoms with Crippen molar-refractivity contribution in [3.05, 3.63) is 28.8 Å². The second-order valence-electron chi connectivity index (χ2n) is 5.19. The molecule has 5 heteroatoms. The molecule has 0 aliphatic carbocycles. The Morgan fingerprint density at radius 3 is 2.15 bits per heavy atom. The first-order valence-electron chi connectivity index (χ1n) is 6.98. The lowest BCUT2D eigenvalue weighted by atomic mass is 10.1. The molecule has 20 heavy (non-hydrogen) atoms. The monoisotopic (exact) mass is 299 g/mol. The van der Waals surface area contributed by atoms with E-state index in [4.69, 9.17) is 0 Å². The lowest BCUT2D eigenvalue weighted by molar-refractivity contribution is 0.280. The molecule has 0 fully saturated rings. The summed E-state index contributed by atoms with van der Waals surface area (Å²) in [5.74, 6) is 0. The molecule has 0 bridgehead atoms. The lowest BCUT2D eigenvalue weighted by Crippen LogP contribution is -2.36. The van der Waals surface area contributed by atoms with Gasteiger partial charge in [-0.25, -0.2) is 8.42 Å². The topological polar surface area (TPSA) is 57.6 Å². The predicted molar refractivity (Wildman–Crippen MR) is 81.2 cm³/mol. The molecule has 1 rings (SSSR count). The highest BCUT2D eigenvalue weighted by Crippen LogP contribution is 2.25. The van der Waals surface area contributed by atoms with Crippen LogP contribution in [0.3, 0.4) is 0 Å². The summed E-state index contributed by atoms with van der Waals surface area (Å²) < 4.78 is 26.9. The first-order chi connectivity index (χ1) is 9.29. The molecule has 1 aromatic carbocycles. The van der Waals surface area contributed by atoms with Gasteiger partial charge in [0.1, 0.15) is 0 Å². The van der Waals surface area contributed by atoms with Crippen molar-refractivity contribution in [3.8, 4) is 0 Å². The smallest absolute Gasteiger partial charge is 0.243 e. The second kappa shape index (κ2) is 6.70. The van der Waals surface area contributed by atoms with Gasteiger partial charge < -0.3 is 5.11 Å². The number of nitrogens with zero attached hydrogens (tertiary/aromatic N) is 1. The summed E-state index contributed by atoms with van der Waals surface area (Å²) in [6.45, 7) is 7.49. The maximum Gasteiger partial charge on any atom is 0.243 e. The van der Waals surface area contributed by atoms with Gasteiger partial charge in [0.25, 0.3) is 0 Å². The Morgan fingerprint density at radius 1 is 1.15 bits per heavy atom. The van der Waals surface area contributed by atoms with Crippen LogP contribution in [-0.2, 0) is 16.6 Å². The van der Waals surface area contributed by atoms with E-state index in [9.17, 15) is 13.5 Å². The number of rotatable bonds is 6. The van der Waals surface area contributed by atoms with Gasteiger partial charge in [-0.15, -0.1) is 0 Å². The van der Waals surface area contributed by atoms with E-state index >= 15 is 0 Å². The van der Waals surface area contributed by atoms with Gasteiger partial charge in [0.05, 0.1) is 11.5 Å². The average Bonchev–Trinajstić information content (AvgIpc) is 2.39. The summed E-state index contributed by atoms with van der Waals surface area (Å²) in [6, 6.07) is 3.41. The molecular weight excluding hydrogens is 274 g/mol. The number of aryl methyl sites for hydroxylation is 2. The van der Waals surface area contributed by atoms with Crippen LogP contribution in [0.15, 0.2) is 17.0 Å². The summed E-state index contributed by atoms with van der Waals surface area (Å²) >= 11 is 0. The molecule has 1 aromatic rings. The Kier molecular flexibility index (Phi) is 5.74. The highest BCUT2D eigenvalue weighted by Gasteiger charge is 2.27. The largest absolute Gasteiger partial charge is 0.392 e. The zero-order valence-electron chi connectivity index (χ0n) is 13.0. The molecular formula is C15H25NO3S. The molecule has 0 heterocycles. The Labute approximate surface area is 122 Å². The highest BCUT2D eigenvalue weighted by molar-refractivity contribution is 7.89. The van der Waals surface area contributed by atoms with Crippen molar-refractivity contribution in [1.29, 1.82) is 0 Å². The van der Waals surface area contributed by atoms with Crippen molar-refractivity contribution < 1.29 is 13.5 Å². The summed E-state index contributed by atoms with van der Waals surface area (Å²) in [7, 11) is -1.89. The summed E-state index contributed by atoms with van der Waals surface area (Å²) in [4.78, 5) is 0.293. The molecule has 0 aromatic heterocycles. The van der Waals surface area contributed by atoms with E-state index in [1.54, 1.807) is 20.0 Å². The van der Waals surface area contributed by atoms with Crippen molar-refractivity contribution in [1.82, 2.24) is 4.31 Å². The van der Waals surface area contributed by atoms with E-state index in [1.807, 2.05) is 26.8 Å². The molecule has 0 aliphatic rings. The molecule has 1 N–H and O–H groups in total. The van der Waals surface area contributed by atoms with Crippen LogP contribution in [0.2, 0.25) is 0 Å². The molecule has 0 saturated carbocycles. The summed E-state index contributed by atoms with van der Waals surface area (Å²) in [5, 5.41) is 9.33. The van der Waals surface area contributed by atoms with Crippen LogP contribution in [0.5, 0.6) is 0 Å². The Morgan fingerprint density at radius 2 is 1.70 bits per heavy atom. The standard InChI is InChI=1S/C15H25NO3S/c1-6-14(7-2)16(5)20(18,19)15-9-13(10-17)11(3)8-12(15)4/h8-9,14,17H,6-7,10H2,1-5H3. The third kappa shape index (κ3) is 3.22. The summed E-state index contributed by atoms with van der Waals surface area (Å²) in [5.41, 5.74) is 2.29. The number of benzene rings is 1. The maximum atomic E-state index is 12.7. The first kappa shape index (κ1) is 17.1. The number of hydrogen-bond acceptors (Lipinski definition) is 3. The zero-order valence-corrected chi connectivity index (χ0v) is 13.8. The predicted octanol–water partition coefficient (Wildman–Crippen LogP) is 2.60. The minimum Gasteiger partial charge on any atom is -0.392 e. The van der Waals surface area contributed by atoms with Gasteiger partial charge in [-0.05, 0) is 49.4 Å². The van der Waals surface area contributed by atoms with E-state index in [2.05, 4.69) is 0 Å². The van der Waals surface area contributed by atoms with Gasteiger partial charge in [0.2, 0.25) is 10.0 Å². The van der Waals surface area contributed by atoms with Crippen LogP contribution in [0, 0.1) is 13.8 Å². The normalized spacial score (nSPS) is 12.4. The van der Waals surface area contributed by atoms with Crippen molar-refractivity contribution >= 4 is 10.0 Å². The molecule has 0 saturated heterocycles. The van der Waals surface area contributed by atoms with Gasteiger partial charge in [-0.3, -0.25) is 0 Å². The van der Waals surface area contributed by atoms with E-state index in [1.165, 1.54) is 4.31 Å².